The molecule has 0 aliphatic rings. The Kier molecular flexibility index (Phi) is 18.2. The zero-order valence-corrected chi connectivity index (χ0v) is 18.3. The Balaban J connectivity index is 0. The Hall–Kier alpha value is -0.210. The van der Waals surface area contributed by atoms with Crippen LogP contribution in [0, 0.1) is 0 Å². The zero-order valence-electron chi connectivity index (χ0n) is 17.5. The van der Waals surface area contributed by atoms with Crippen LogP contribution in [0.15, 0.2) is 0 Å². The van der Waals surface area contributed by atoms with E-state index in [9.17, 15) is 0 Å². The Bertz CT molecular complexity index is 387. The Labute approximate surface area is 162 Å². The molecule has 26 heavy (non-hydrogen) atoms. The maximum atomic E-state index is 8.74. The van der Waals surface area contributed by atoms with Crippen molar-refractivity contribution in [1.82, 2.24) is 5.32 Å². The molecule has 160 valence electrons. The second-order valence-electron chi connectivity index (χ2n) is 7.88. The third-order valence-electron chi connectivity index (χ3n) is 4.23. The average molecular weight is 397 g/mol. The van der Waals surface area contributed by atoms with Gasteiger partial charge in [-0.1, -0.05) is 71.6 Å². The molecule has 7 heteroatoms. The van der Waals surface area contributed by atoms with Gasteiger partial charge in [0.1, 0.15) is 0 Å². The fourth-order valence-electron chi connectivity index (χ4n) is 2.91. The normalized spacial score (nSPS) is 13.2. The second-order valence-corrected chi connectivity index (χ2v) is 8.78. The molecule has 0 fully saturated rings. The largest absolute Gasteiger partial charge is 0.394 e. The quantitative estimate of drug-likeness (QED) is 0.235. The smallest absolute Gasteiger partial charge is 0.326 e. The van der Waals surface area contributed by atoms with E-state index in [1.165, 1.54) is 70.6 Å². The Morgan fingerprint density at radius 3 is 1.62 bits per heavy atom. The maximum Gasteiger partial charge on any atom is 0.394 e. The molecule has 0 aliphatic carbocycles. The van der Waals surface area contributed by atoms with Crippen molar-refractivity contribution in [3.63, 3.8) is 0 Å². The molecule has 0 aromatic heterocycles. The van der Waals surface area contributed by atoms with Crippen LogP contribution in [0.3, 0.4) is 0 Å². The summed E-state index contributed by atoms with van der Waals surface area (Å²) in [5.74, 6) is 0. The summed E-state index contributed by atoms with van der Waals surface area (Å²) in [5.41, 5.74) is 6.05. The van der Waals surface area contributed by atoms with Gasteiger partial charge in [0.15, 0.2) is 0 Å². The lowest BCUT2D eigenvalue weighted by molar-refractivity contribution is 0.362. The van der Waals surface area contributed by atoms with Crippen molar-refractivity contribution >= 4 is 10.4 Å². The molecule has 0 aromatic rings. The van der Waals surface area contributed by atoms with Gasteiger partial charge in [-0.25, -0.2) is 0 Å². The Morgan fingerprint density at radius 1 is 0.885 bits per heavy atom. The van der Waals surface area contributed by atoms with Gasteiger partial charge in [0, 0.05) is 11.6 Å². The third kappa shape index (κ3) is 31.5. The first-order valence-corrected chi connectivity index (χ1v) is 11.6. The maximum absolute atomic E-state index is 8.74. The lowest BCUT2D eigenvalue weighted by Crippen LogP contribution is -2.41. The molecule has 1 atom stereocenters. The van der Waals surface area contributed by atoms with Crippen LogP contribution in [-0.4, -0.2) is 35.6 Å². The molecule has 1 unspecified atom stereocenters. The van der Waals surface area contributed by atoms with Gasteiger partial charge in [0.05, 0.1) is 0 Å². The van der Waals surface area contributed by atoms with Crippen molar-refractivity contribution in [3.8, 4) is 0 Å². The summed E-state index contributed by atoms with van der Waals surface area (Å²) in [5, 5.41) is 3.67. The van der Waals surface area contributed by atoms with Crippen LogP contribution in [0.4, 0.5) is 0 Å². The predicted molar refractivity (Wildman–Crippen MR) is 111 cm³/mol. The molecule has 5 N–H and O–H groups in total. The van der Waals surface area contributed by atoms with Gasteiger partial charge < -0.3 is 11.1 Å². The molecular formula is C19H44N2O4S. The number of rotatable bonds is 15. The van der Waals surface area contributed by atoms with E-state index in [-0.39, 0.29) is 5.54 Å². The predicted octanol–water partition coefficient (Wildman–Crippen LogP) is 4.75. The van der Waals surface area contributed by atoms with Crippen LogP contribution in [0.25, 0.3) is 0 Å². The minimum Gasteiger partial charge on any atom is -0.326 e. The van der Waals surface area contributed by atoms with Crippen molar-refractivity contribution in [2.75, 3.05) is 6.54 Å². The molecule has 0 rings (SSSR count). The fourth-order valence-corrected chi connectivity index (χ4v) is 2.91. The lowest BCUT2D eigenvalue weighted by Gasteiger charge is -2.26. The highest BCUT2D eigenvalue weighted by molar-refractivity contribution is 7.79. The van der Waals surface area contributed by atoms with E-state index in [1.54, 1.807) is 0 Å². The van der Waals surface area contributed by atoms with Crippen molar-refractivity contribution in [2.24, 2.45) is 5.73 Å². The van der Waals surface area contributed by atoms with E-state index < -0.39 is 10.4 Å². The molecule has 0 spiro atoms. The number of hydrogen-bond acceptors (Lipinski definition) is 4. The number of nitrogens with two attached hydrogens (primary N) is 1. The summed E-state index contributed by atoms with van der Waals surface area (Å²) in [7, 11) is -4.67. The van der Waals surface area contributed by atoms with Crippen molar-refractivity contribution in [1.29, 1.82) is 0 Å². The summed E-state index contributed by atoms with van der Waals surface area (Å²) in [6.45, 7) is 9.94. The molecule has 0 aromatic carbocycles. The topological polar surface area (TPSA) is 113 Å². The van der Waals surface area contributed by atoms with Gasteiger partial charge in [-0.3, -0.25) is 9.11 Å². The van der Waals surface area contributed by atoms with E-state index in [4.69, 9.17) is 23.3 Å². The third-order valence-corrected chi connectivity index (χ3v) is 4.23. The lowest BCUT2D eigenvalue weighted by atomic mass is 9.95. The monoisotopic (exact) mass is 396 g/mol. The van der Waals surface area contributed by atoms with Gasteiger partial charge >= 0.3 is 10.4 Å². The van der Waals surface area contributed by atoms with Crippen LogP contribution in [-0.2, 0) is 10.4 Å². The first kappa shape index (κ1) is 28.0. The first-order valence-electron chi connectivity index (χ1n) is 10.2. The van der Waals surface area contributed by atoms with Crippen molar-refractivity contribution < 1.29 is 17.5 Å². The molecule has 6 nitrogen and oxygen atoms in total. The highest BCUT2D eigenvalue weighted by Crippen LogP contribution is 2.12. The SMILES string of the molecule is CCCCCCCCCCCCNC(CC)CC(C)(C)N.O=S(=O)(O)O. The highest BCUT2D eigenvalue weighted by Gasteiger charge is 2.16. The van der Waals surface area contributed by atoms with Crippen LogP contribution in [0.1, 0.15) is 105 Å². The van der Waals surface area contributed by atoms with Crippen LogP contribution >= 0.6 is 0 Å². The fraction of sp³-hybridized carbons (Fsp3) is 1.00. The van der Waals surface area contributed by atoms with Crippen LogP contribution < -0.4 is 11.1 Å². The molecule has 0 aliphatic heterocycles. The van der Waals surface area contributed by atoms with E-state index >= 15 is 0 Å². The van der Waals surface area contributed by atoms with E-state index in [2.05, 4.69) is 33.0 Å². The summed E-state index contributed by atoms with van der Waals surface area (Å²) < 4.78 is 31.6. The standard InChI is InChI=1S/C19H42N2.H2O4S/c1-5-7-8-9-10-11-12-13-14-15-16-21-18(6-2)17-19(3,4)20;1-5(2,3)4/h18,21H,5-17,20H2,1-4H3;(H2,1,2,3,4). The van der Waals surface area contributed by atoms with Crippen molar-refractivity contribution in [2.45, 2.75) is 116 Å². The molecular weight excluding hydrogens is 352 g/mol. The number of unbranched alkanes of at least 4 members (excludes halogenated alkanes) is 9. The molecule has 0 amide bonds. The summed E-state index contributed by atoms with van der Waals surface area (Å²) in [4.78, 5) is 0. The number of hydrogen-bond donors (Lipinski definition) is 4. The molecule has 0 radical (unpaired) electrons. The minimum absolute atomic E-state index is 0.0501. The van der Waals surface area contributed by atoms with Crippen LogP contribution in [0.2, 0.25) is 0 Å². The first-order chi connectivity index (χ1) is 12.0. The molecule has 0 bridgehead atoms. The summed E-state index contributed by atoms with van der Waals surface area (Å²) in [6, 6.07) is 0.587. The van der Waals surface area contributed by atoms with Crippen molar-refractivity contribution in [3.05, 3.63) is 0 Å². The molecule has 0 saturated carbocycles. The van der Waals surface area contributed by atoms with Gasteiger partial charge in [-0.15, -0.1) is 0 Å². The summed E-state index contributed by atoms with van der Waals surface area (Å²) >= 11 is 0. The molecule has 0 heterocycles. The van der Waals surface area contributed by atoms with E-state index in [1.807, 2.05) is 0 Å². The average Bonchev–Trinajstić information content (AvgIpc) is 2.48. The van der Waals surface area contributed by atoms with Gasteiger partial charge in [-0.2, -0.15) is 8.42 Å². The van der Waals surface area contributed by atoms with Gasteiger partial charge in [0.2, 0.25) is 0 Å². The second kappa shape index (κ2) is 16.9. The molecule has 0 saturated heterocycles. The Morgan fingerprint density at radius 2 is 1.27 bits per heavy atom. The van der Waals surface area contributed by atoms with E-state index in [0.717, 1.165) is 13.0 Å². The summed E-state index contributed by atoms with van der Waals surface area (Å²) in [6.07, 6.45) is 16.3. The van der Waals surface area contributed by atoms with Gasteiger partial charge in [0.25, 0.3) is 0 Å². The van der Waals surface area contributed by atoms with Gasteiger partial charge in [-0.05, 0) is 39.7 Å². The highest BCUT2D eigenvalue weighted by atomic mass is 32.3. The minimum atomic E-state index is -4.67. The van der Waals surface area contributed by atoms with E-state index in [0.29, 0.717) is 6.04 Å². The van der Waals surface area contributed by atoms with Crippen LogP contribution in [0.5, 0.6) is 0 Å². The zero-order chi connectivity index (χ0) is 20.5. The number of nitrogens with one attached hydrogen (secondary N) is 1.